The van der Waals surface area contributed by atoms with E-state index in [0.717, 1.165) is 36.3 Å². The maximum Gasteiger partial charge on any atom is 0.253 e. The summed E-state index contributed by atoms with van der Waals surface area (Å²) >= 11 is 11.7. The summed E-state index contributed by atoms with van der Waals surface area (Å²) in [7, 11) is -1.45. The van der Waals surface area contributed by atoms with E-state index in [1.165, 1.54) is 6.07 Å². The van der Waals surface area contributed by atoms with Crippen molar-refractivity contribution in [1.29, 1.82) is 0 Å². The monoisotopic (exact) mass is 722 g/mol. The summed E-state index contributed by atoms with van der Waals surface area (Å²) in [5.74, 6) is -0.619. The lowest BCUT2D eigenvalue weighted by Gasteiger charge is -2.45. The van der Waals surface area contributed by atoms with Crippen molar-refractivity contribution < 1.29 is 22.9 Å². The van der Waals surface area contributed by atoms with Crippen LogP contribution in [0.15, 0.2) is 103 Å². The quantitative estimate of drug-likeness (QED) is 0.172. The third-order valence-corrected chi connectivity index (χ3v) is 11.0. The summed E-state index contributed by atoms with van der Waals surface area (Å²) < 4.78 is 36.4. The number of para-hydroxylation sites is 1. The Morgan fingerprint density at radius 2 is 1.61 bits per heavy atom. The molecule has 2 aliphatic carbocycles. The van der Waals surface area contributed by atoms with Gasteiger partial charge >= 0.3 is 0 Å². The molecule has 7 rings (SSSR count). The van der Waals surface area contributed by atoms with Gasteiger partial charge in [-0.1, -0.05) is 71.7 Å². The molecule has 4 unspecified atom stereocenters. The van der Waals surface area contributed by atoms with E-state index in [1.807, 2.05) is 42.5 Å². The smallest absolute Gasteiger partial charge is 0.253 e. The number of anilines is 2. The van der Waals surface area contributed by atoms with Gasteiger partial charge in [0.15, 0.2) is 0 Å². The fourth-order valence-corrected chi connectivity index (χ4v) is 7.67. The second kappa shape index (κ2) is 16.3. The normalized spacial score (nSPS) is 20.1. The minimum atomic E-state index is -1.45. The zero-order valence-electron chi connectivity index (χ0n) is 26.7. The number of hydrogen-bond acceptors (Lipinski definition) is 5. The van der Waals surface area contributed by atoms with Crippen LogP contribution in [0.5, 0.6) is 0 Å². The Hall–Kier alpha value is -3.83. The predicted octanol–water partition coefficient (Wildman–Crippen LogP) is 7.62. The molecule has 0 spiro atoms. The molecule has 3 fully saturated rings. The molecule has 2 heterocycles. The number of rotatable bonds is 11. The van der Waals surface area contributed by atoms with Crippen molar-refractivity contribution in [3.05, 3.63) is 125 Å². The number of nitrogens with one attached hydrogen (secondary N) is 1. The minimum Gasteiger partial charge on any atom is -0.365 e. The molecule has 1 N–H and O–H groups in total. The van der Waals surface area contributed by atoms with Crippen LogP contribution in [-0.2, 0) is 25.3 Å². The van der Waals surface area contributed by atoms with Gasteiger partial charge in [0.2, 0.25) is 5.91 Å². The van der Waals surface area contributed by atoms with Gasteiger partial charge in [-0.05, 0) is 85.7 Å². The first kappa shape index (κ1) is 35.0. The van der Waals surface area contributed by atoms with Crippen LogP contribution in [-0.4, -0.2) is 56.5 Å². The molecule has 4 aromatic rings. The Balaban J connectivity index is 0.000000531. The first-order valence-corrected chi connectivity index (χ1v) is 18.2. The van der Waals surface area contributed by atoms with Crippen LogP contribution < -0.4 is 9.62 Å². The van der Waals surface area contributed by atoms with Crippen molar-refractivity contribution in [3.63, 3.8) is 0 Å². The number of morpholine rings is 1. The molecule has 256 valence electrons. The summed E-state index contributed by atoms with van der Waals surface area (Å²) in [5.41, 5.74) is 1.11. The number of amides is 2. The lowest BCUT2D eigenvalue weighted by Crippen LogP contribution is -2.58. The number of nitrogens with zero attached hydrogens (tertiary/aromatic N) is 3. The molecule has 49 heavy (non-hydrogen) atoms. The summed E-state index contributed by atoms with van der Waals surface area (Å²) in [6.07, 6.45) is 3.83. The van der Waals surface area contributed by atoms with Gasteiger partial charge in [-0.3, -0.25) is 13.9 Å². The average molecular weight is 724 g/mol. The standard InChI is InChI=1S/C31H32ClFN4O4S.C6H5Cl/c32-22-12-10-21(11-13-22)27-19-41-28(17-30(38)35-29-7-3-4-16-34-29)31(39)37(27)26(20-8-9-20)18-36(42(40)23-14-15-23)25-6-2-1-5-24(25)33;7-6-4-2-1-3-5-6/h1-7,10-13,16,20,23,26-28H,8-9,14-15,17-19H2,(H,34,35,38);1-5H. The van der Waals surface area contributed by atoms with Gasteiger partial charge in [-0.25, -0.2) is 13.6 Å². The molecule has 1 saturated heterocycles. The van der Waals surface area contributed by atoms with Crippen LogP contribution in [0.1, 0.15) is 43.7 Å². The van der Waals surface area contributed by atoms with E-state index in [2.05, 4.69) is 10.3 Å². The third kappa shape index (κ3) is 9.25. The minimum absolute atomic E-state index is 0.0278. The molecule has 3 aromatic carbocycles. The van der Waals surface area contributed by atoms with Gasteiger partial charge in [-0.2, -0.15) is 0 Å². The van der Waals surface area contributed by atoms with Crippen LogP contribution in [0.3, 0.4) is 0 Å². The first-order chi connectivity index (χ1) is 23.8. The summed E-state index contributed by atoms with van der Waals surface area (Å²) in [6.45, 7) is 0.376. The highest BCUT2D eigenvalue weighted by Gasteiger charge is 2.48. The highest BCUT2D eigenvalue weighted by molar-refractivity contribution is 7.87. The maximum absolute atomic E-state index is 15.1. The predicted molar refractivity (Wildman–Crippen MR) is 191 cm³/mol. The molecule has 2 saturated carbocycles. The first-order valence-electron chi connectivity index (χ1n) is 16.3. The van der Waals surface area contributed by atoms with Gasteiger partial charge in [0.1, 0.15) is 28.7 Å². The van der Waals surface area contributed by atoms with Crippen molar-refractivity contribution in [2.45, 2.75) is 55.5 Å². The zero-order chi connectivity index (χ0) is 34.3. The van der Waals surface area contributed by atoms with E-state index in [4.69, 9.17) is 27.9 Å². The summed E-state index contributed by atoms with van der Waals surface area (Å²) in [6, 6.07) is 27.4. The van der Waals surface area contributed by atoms with Crippen LogP contribution in [0.2, 0.25) is 10.0 Å². The van der Waals surface area contributed by atoms with E-state index in [1.54, 1.807) is 63.9 Å². The molecule has 4 atom stereocenters. The van der Waals surface area contributed by atoms with E-state index in [-0.39, 0.29) is 54.3 Å². The lowest BCUT2D eigenvalue weighted by molar-refractivity contribution is -0.166. The number of ether oxygens (including phenoxy) is 1. The van der Waals surface area contributed by atoms with Gasteiger partial charge in [0.05, 0.1) is 42.6 Å². The molecule has 12 heteroatoms. The number of aromatic nitrogens is 1. The number of hydrogen-bond donors (Lipinski definition) is 1. The second-order valence-electron chi connectivity index (χ2n) is 12.3. The summed E-state index contributed by atoms with van der Waals surface area (Å²) in [4.78, 5) is 33.1. The number of benzene rings is 3. The molecular weight excluding hydrogens is 686 g/mol. The van der Waals surface area contributed by atoms with Crippen LogP contribution in [0, 0.1) is 11.7 Å². The van der Waals surface area contributed by atoms with Crippen molar-refractivity contribution >= 4 is 57.5 Å². The Morgan fingerprint density at radius 1 is 0.939 bits per heavy atom. The fourth-order valence-electron chi connectivity index (χ4n) is 5.86. The van der Waals surface area contributed by atoms with E-state index < -0.39 is 28.9 Å². The molecule has 2 amide bonds. The number of carbonyl (C=O) groups is 2. The van der Waals surface area contributed by atoms with E-state index in [9.17, 15) is 13.8 Å². The zero-order valence-corrected chi connectivity index (χ0v) is 29.0. The Morgan fingerprint density at radius 3 is 2.22 bits per heavy atom. The Bertz CT molecular complexity index is 1750. The number of pyridine rings is 1. The number of carbonyl (C=O) groups excluding carboxylic acids is 2. The average Bonchev–Trinajstić information content (AvgIpc) is 4.03. The molecule has 0 bridgehead atoms. The fraction of sp³-hybridized carbons (Fsp3) is 0.324. The highest BCUT2D eigenvalue weighted by atomic mass is 35.5. The molecule has 1 aromatic heterocycles. The van der Waals surface area contributed by atoms with Gasteiger partial charge < -0.3 is 15.0 Å². The molecule has 3 aliphatic rings. The second-order valence-corrected chi connectivity index (χ2v) is 14.8. The topological polar surface area (TPSA) is 91.8 Å². The lowest BCUT2D eigenvalue weighted by atomic mass is 9.97. The molecule has 0 radical (unpaired) electrons. The van der Waals surface area contributed by atoms with E-state index in [0.29, 0.717) is 10.8 Å². The van der Waals surface area contributed by atoms with Crippen LogP contribution in [0.4, 0.5) is 15.9 Å². The number of halogens is 3. The van der Waals surface area contributed by atoms with E-state index >= 15 is 4.39 Å². The molecule has 8 nitrogen and oxygen atoms in total. The van der Waals surface area contributed by atoms with Crippen molar-refractivity contribution in [1.82, 2.24) is 9.88 Å². The van der Waals surface area contributed by atoms with Gasteiger partial charge in [0, 0.05) is 16.2 Å². The largest absolute Gasteiger partial charge is 0.365 e. The van der Waals surface area contributed by atoms with Crippen LogP contribution in [0.25, 0.3) is 0 Å². The summed E-state index contributed by atoms with van der Waals surface area (Å²) in [5, 5.41) is 4.06. The van der Waals surface area contributed by atoms with Gasteiger partial charge in [0.25, 0.3) is 5.91 Å². The van der Waals surface area contributed by atoms with Crippen molar-refractivity contribution in [2.75, 3.05) is 22.8 Å². The maximum atomic E-state index is 15.1. The molecule has 1 aliphatic heterocycles. The Kier molecular flexibility index (Phi) is 11.6. The SMILES string of the molecule is Clc1ccccc1.O=C(CC1OCC(c2ccc(Cl)cc2)N(C(CN(c2ccccc2F)S(=O)C2CC2)C2CC2)C1=O)Nc1ccccn1. The van der Waals surface area contributed by atoms with Crippen molar-refractivity contribution in [3.8, 4) is 0 Å². The van der Waals surface area contributed by atoms with Gasteiger partial charge in [-0.15, -0.1) is 0 Å². The highest BCUT2D eigenvalue weighted by Crippen LogP contribution is 2.43. The Labute approximate surface area is 298 Å². The molecular formula is C37H37Cl2FN4O4S. The van der Waals surface area contributed by atoms with Crippen LogP contribution >= 0.6 is 23.2 Å². The van der Waals surface area contributed by atoms with Crippen molar-refractivity contribution in [2.24, 2.45) is 5.92 Å². The third-order valence-electron chi connectivity index (χ3n) is 8.64.